The van der Waals surface area contributed by atoms with Gasteiger partial charge >= 0.3 is 0 Å². The molecule has 0 bridgehead atoms. The van der Waals surface area contributed by atoms with E-state index in [1.807, 2.05) is 6.07 Å². The van der Waals surface area contributed by atoms with Gasteiger partial charge in [0.25, 0.3) is 5.89 Å². The monoisotopic (exact) mass is 477 g/mol. The predicted molar refractivity (Wildman–Crippen MR) is 116 cm³/mol. The summed E-state index contributed by atoms with van der Waals surface area (Å²) in [6.07, 6.45) is -0.0820. The highest BCUT2D eigenvalue weighted by molar-refractivity contribution is 7.79. The number of amides is 2. The van der Waals surface area contributed by atoms with Gasteiger partial charge in [0.2, 0.25) is 23.4 Å². The Morgan fingerprint density at radius 3 is 2.55 bits per heavy atom. The van der Waals surface area contributed by atoms with Crippen LogP contribution in [0, 0.1) is 5.92 Å². The van der Waals surface area contributed by atoms with Crippen molar-refractivity contribution < 1.29 is 32.4 Å². The molecule has 33 heavy (non-hydrogen) atoms. The second kappa shape index (κ2) is 11.8. The van der Waals surface area contributed by atoms with Gasteiger partial charge in [0.15, 0.2) is 0 Å². The predicted octanol–water partition coefficient (Wildman–Crippen LogP) is 0.558. The topological polar surface area (TPSA) is 155 Å². The third-order valence-corrected chi connectivity index (χ3v) is 5.88. The summed E-state index contributed by atoms with van der Waals surface area (Å²) in [6, 6.07) is 7.92. The van der Waals surface area contributed by atoms with E-state index < -0.39 is 40.5 Å². The number of hydrogen-bond acceptors (Lipinski definition) is 9. The van der Waals surface area contributed by atoms with E-state index in [1.165, 1.54) is 4.90 Å². The molecule has 2 aromatic rings. The fourth-order valence-electron chi connectivity index (χ4n) is 3.36. The summed E-state index contributed by atoms with van der Waals surface area (Å²) in [5.41, 5.74) is 0.664. The molecule has 1 aliphatic heterocycles. The Morgan fingerprint density at radius 2 is 1.91 bits per heavy atom. The Morgan fingerprint density at radius 1 is 1.21 bits per heavy atom. The number of carbonyl (C=O) groups excluding carboxylic acids is 3. The molecule has 1 aromatic heterocycles. The minimum atomic E-state index is -2.55. The van der Waals surface area contributed by atoms with Crippen LogP contribution in [-0.4, -0.2) is 79.5 Å². The quantitative estimate of drug-likeness (QED) is 0.382. The first-order valence-electron chi connectivity index (χ1n) is 10.5. The lowest BCUT2D eigenvalue weighted by molar-refractivity contribution is -0.139. The standard InChI is InChI=1S/C21H26N4O7S/c1-2-16(18(27)21-23-19(24-32-21)14-6-4-3-5-7-14)22-20(28)15(13-33(29)30)12-17(26)25-8-10-31-11-9-25/h3-7,15-16H,2,8-13H2,1H3,(H,22,28)(H,29,30)/p-1/t15?,16-/m0/s1. The largest absolute Gasteiger partial charge is 0.772 e. The van der Waals surface area contributed by atoms with Gasteiger partial charge in [-0.1, -0.05) is 53.5 Å². The third-order valence-electron chi connectivity index (χ3n) is 5.20. The minimum absolute atomic E-state index is 0.207. The van der Waals surface area contributed by atoms with Crippen molar-refractivity contribution in [3.63, 3.8) is 0 Å². The van der Waals surface area contributed by atoms with E-state index in [0.29, 0.717) is 31.9 Å². The van der Waals surface area contributed by atoms with Crippen molar-refractivity contribution in [2.45, 2.75) is 25.8 Å². The molecule has 178 valence electrons. The first-order valence-corrected chi connectivity index (χ1v) is 11.8. The number of ketones is 1. The van der Waals surface area contributed by atoms with E-state index in [2.05, 4.69) is 15.5 Å². The minimum Gasteiger partial charge on any atom is -0.772 e. The SMILES string of the molecule is CC[C@H](NC(=O)C(CC(=O)N1CCOCC1)CS(=O)[O-])C(=O)c1nc(-c2ccccc2)no1. The Labute approximate surface area is 193 Å². The van der Waals surface area contributed by atoms with Crippen LogP contribution < -0.4 is 5.32 Å². The van der Waals surface area contributed by atoms with Gasteiger partial charge in [-0.05, 0) is 6.42 Å². The van der Waals surface area contributed by atoms with Gasteiger partial charge in [-0.2, -0.15) is 4.98 Å². The second-order valence-electron chi connectivity index (χ2n) is 7.49. The summed E-state index contributed by atoms with van der Waals surface area (Å²) in [6.45, 7) is 3.21. The molecule has 1 aliphatic rings. The number of aromatic nitrogens is 2. The zero-order valence-electron chi connectivity index (χ0n) is 18.1. The fourth-order valence-corrected chi connectivity index (χ4v) is 3.96. The maximum absolute atomic E-state index is 12.8. The number of benzene rings is 1. The maximum Gasteiger partial charge on any atom is 0.296 e. The Bertz CT molecular complexity index is 992. The molecule has 2 unspecified atom stereocenters. The fraction of sp³-hybridized carbons (Fsp3) is 0.476. The summed E-state index contributed by atoms with van der Waals surface area (Å²) in [5.74, 6) is -3.35. The summed E-state index contributed by atoms with van der Waals surface area (Å²) in [7, 11) is 0. The Kier molecular flexibility index (Phi) is 8.80. The average Bonchev–Trinajstić information content (AvgIpc) is 3.32. The summed E-state index contributed by atoms with van der Waals surface area (Å²) < 4.78 is 32.9. The molecule has 1 aromatic carbocycles. The molecule has 0 spiro atoms. The number of ether oxygens (including phenoxy) is 1. The van der Waals surface area contributed by atoms with E-state index in [0.717, 1.165) is 0 Å². The molecular weight excluding hydrogens is 452 g/mol. The number of hydrogen-bond donors (Lipinski definition) is 1. The zero-order valence-corrected chi connectivity index (χ0v) is 18.9. The van der Waals surface area contributed by atoms with Gasteiger partial charge in [-0.25, -0.2) is 0 Å². The molecule has 1 saturated heterocycles. The van der Waals surface area contributed by atoms with E-state index in [4.69, 9.17) is 9.26 Å². The average molecular weight is 478 g/mol. The highest BCUT2D eigenvalue weighted by Gasteiger charge is 2.31. The van der Waals surface area contributed by atoms with Crippen LogP contribution in [0.25, 0.3) is 11.4 Å². The molecule has 1 fully saturated rings. The molecule has 2 amide bonds. The van der Waals surface area contributed by atoms with Crippen molar-refractivity contribution in [1.82, 2.24) is 20.4 Å². The molecule has 1 N–H and O–H groups in total. The Balaban J connectivity index is 1.67. The van der Waals surface area contributed by atoms with Crippen LogP contribution >= 0.6 is 0 Å². The molecule has 2 heterocycles. The third kappa shape index (κ3) is 6.76. The molecule has 11 nitrogen and oxygen atoms in total. The number of nitrogens with one attached hydrogen (secondary N) is 1. The van der Waals surface area contributed by atoms with Gasteiger partial charge in [-0.3, -0.25) is 18.6 Å². The second-order valence-corrected chi connectivity index (χ2v) is 8.43. The van der Waals surface area contributed by atoms with Crippen LogP contribution in [0.3, 0.4) is 0 Å². The van der Waals surface area contributed by atoms with Crippen LogP contribution in [0.4, 0.5) is 0 Å². The van der Waals surface area contributed by atoms with Crippen LogP contribution in [0.5, 0.6) is 0 Å². The molecular formula is C21H25N4O7S-. The van der Waals surface area contributed by atoms with Gasteiger partial charge in [0.1, 0.15) is 0 Å². The zero-order chi connectivity index (χ0) is 23.8. The van der Waals surface area contributed by atoms with Gasteiger partial charge in [0.05, 0.1) is 25.2 Å². The van der Waals surface area contributed by atoms with Crippen LogP contribution in [0.2, 0.25) is 0 Å². The Hall–Kier alpha value is -2.96. The lowest BCUT2D eigenvalue weighted by Crippen LogP contribution is -2.47. The van der Waals surface area contributed by atoms with E-state index in [9.17, 15) is 23.1 Å². The number of nitrogens with zero attached hydrogens (tertiary/aromatic N) is 3. The molecule has 3 atom stereocenters. The van der Waals surface area contributed by atoms with Crippen molar-refractivity contribution in [2.24, 2.45) is 5.92 Å². The van der Waals surface area contributed by atoms with Crippen molar-refractivity contribution in [1.29, 1.82) is 0 Å². The summed E-state index contributed by atoms with van der Waals surface area (Å²) in [5, 5.41) is 6.35. The van der Waals surface area contributed by atoms with Gasteiger partial charge in [0, 0.05) is 30.8 Å². The highest BCUT2D eigenvalue weighted by atomic mass is 32.2. The van der Waals surface area contributed by atoms with Crippen molar-refractivity contribution in [2.75, 3.05) is 32.1 Å². The maximum atomic E-state index is 12.8. The summed E-state index contributed by atoms with van der Waals surface area (Å²) in [4.78, 5) is 43.9. The summed E-state index contributed by atoms with van der Waals surface area (Å²) >= 11 is -2.55. The first-order chi connectivity index (χ1) is 15.9. The van der Waals surface area contributed by atoms with E-state index in [-0.39, 0.29) is 30.5 Å². The van der Waals surface area contributed by atoms with E-state index >= 15 is 0 Å². The van der Waals surface area contributed by atoms with Crippen LogP contribution in [-0.2, 0) is 25.4 Å². The smallest absolute Gasteiger partial charge is 0.296 e. The number of rotatable bonds is 10. The molecule has 3 rings (SSSR count). The van der Waals surface area contributed by atoms with Gasteiger partial charge < -0.3 is 24.0 Å². The van der Waals surface area contributed by atoms with Crippen molar-refractivity contribution in [3.8, 4) is 11.4 Å². The lowest BCUT2D eigenvalue weighted by atomic mass is 10.0. The van der Waals surface area contributed by atoms with E-state index in [1.54, 1.807) is 31.2 Å². The number of carbonyl (C=O) groups is 3. The number of morpholine rings is 1. The normalized spacial score (nSPS) is 16.6. The highest BCUT2D eigenvalue weighted by Crippen LogP contribution is 2.17. The van der Waals surface area contributed by atoms with Crippen molar-refractivity contribution in [3.05, 3.63) is 36.2 Å². The number of Topliss-reactive ketones (excluding diaryl/α,β-unsaturated/α-hetero) is 1. The molecule has 0 saturated carbocycles. The van der Waals surface area contributed by atoms with Gasteiger partial charge in [-0.15, -0.1) is 0 Å². The van der Waals surface area contributed by atoms with Crippen LogP contribution in [0.1, 0.15) is 30.5 Å². The first kappa shape index (κ1) is 24.7. The van der Waals surface area contributed by atoms with Crippen molar-refractivity contribution >= 4 is 28.7 Å². The van der Waals surface area contributed by atoms with Crippen LogP contribution in [0.15, 0.2) is 34.9 Å². The lowest BCUT2D eigenvalue weighted by Gasteiger charge is -2.29. The molecule has 0 aliphatic carbocycles. The molecule has 12 heteroatoms. The molecule has 0 radical (unpaired) electrons.